The predicted molar refractivity (Wildman–Crippen MR) is 114 cm³/mol. The molecule has 162 valence electrons. The molecule has 0 radical (unpaired) electrons. The second-order valence-electron chi connectivity index (χ2n) is 7.94. The number of methoxy groups -OCH3 is 1. The van der Waals surface area contributed by atoms with Crippen LogP contribution in [0, 0.1) is 0 Å². The lowest BCUT2D eigenvalue weighted by molar-refractivity contribution is -0.142. The largest absolute Gasteiger partial charge is 0.482 e. The molecule has 4 rings (SSSR count). The smallest absolute Gasteiger partial charge is 0.343 e. The Morgan fingerprint density at radius 1 is 1.06 bits per heavy atom. The third-order valence-electron chi connectivity index (χ3n) is 5.91. The van der Waals surface area contributed by atoms with Crippen LogP contribution < -0.4 is 10.1 Å². The molecule has 2 amide bonds. The first-order valence-electron chi connectivity index (χ1n) is 10.6. The second kappa shape index (κ2) is 9.31. The monoisotopic (exact) mass is 422 g/mol. The molecule has 7 heteroatoms. The molecule has 0 spiro atoms. The fraction of sp³-hybridized carbons (Fsp3) is 0.375. The quantitative estimate of drug-likeness (QED) is 0.546. The molecule has 0 saturated heterocycles. The number of amides is 2. The highest BCUT2D eigenvalue weighted by Gasteiger charge is 2.41. The normalized spacial score (nSPS) is 20.5. The fourth-order valence-corrected chi connectivity index (χ4v) is 4.33. The van der Waals surface area contributed by atoms with E-state index in [2.05, 4.69) is 10.1 Å². The number of carbonyl (C=O) groups is 3. The van der Waals surface area contributed by atoms with E-state index in [0.29, 0.717) is 23.4 Å². The molecule has 0 unspecified atom stereocenters. The lowest BCUT2D eigenvalue weighted by atomic mass is 9.89. The van der Waals surface area contributed by atoms with Gasteiger partial charge in [-0.1, -0.05) is 24.3 Å². The van der Waals surface area contributed by atoms with Crippen molar-refractivity contribution in [3.8, 4) is 5.75 Å². The molecular formula is C24H26N2O5. The summed E-state index contributed by atoms with van der Waals surface area (Å²) in [6.45, 7) is 0.507. The summed E-state index contributed by atoms with van der Waals surface area (Å²) in [6, 6.07) is 14.7. The van der Waals surface area contributed by atoms with Crippen LogP contribution in [0.15, 0.2) is 48.5 Å². The Balaban J connectivity index is 1.35. The number of benzene rings is 2. The Morgan fingerprint density at radius 2 is 1.81 bits per heavy atom. The van der Waals surface area contributed by atoms with Crippen molar-refractivity contribution < 1.29 is 23.9 Å². The minimum absolute atomic E-state index is 0.0895. The highest BCUT2D eigenvalue weighted by atomic mass is 16.6. The Morgan fingerprint density at radius 3 is 2.52 bits per heavy atom. The number of esters is 1. The number of fused-ring (bicyclic) bond motifs is 1. The number of carbonyl (C=O) groups excluding carboxylic acids is 3. The van der Waals surface area contributed by atoms with E-state index in [0.717, 1.165) is 31.2 Å². The topological polar surface area (TPSA) is 84.9 Å². The maximum absolute atomic E-state index is 12.8. The van der Waals surface area contributed by atoms with Crippen LogP contribution in [0.2, 0.25) is 0 Å². The van der Waals surface area contributed by atoms with Gasteiger partial charge in [-0.2, -0.15) is 0 Å². The molecule has 1 saturated carbocycles. The van der Waals surface area contributed by atoms with Crippen molar-refractivity contribution in [2.24, 2.45) is 0 Å². The van der Waals surface area contributed by atoms with Gasteiger partial charge in [-0.05, 0) is 55.5 Å². The summed E-state index contributed by atoms with van der Waals surface area (Å²) in [5.74, 6) is -0.175. The molecule has 31 heavy (non-hydrogen) atoms. The first-order valence-corrected chi connectivity index (χ1v) is 10.6. The molecule has 2 aliphatic rings. The van der Waals surface area contributed by atoms with Gasteiger partial charge in [0.05, 0.1) is 18.2 Å². The Bertz CT molecular complexity index is 954. The molecule has 1 N–H and O–H groups in total. The third kappa shape index (κ3) is 4.61. The summed E-state index contributed by atoms with van der Waals surface area (Å²) < 4.78 is 10.0. The second-order valence-corrected chi connectivity index (χ2v) is 7.94. The average Bonchev–Trinajstić information content (AvgIpc) is 3.06. The van der Waals surface area contributed by atoms with Crippen molar-refractivity contribution in [3.63, 3.8) is 0 Å². The first kappa shape index (κ1) is 21.1. The lowest BCUT2D eigenvalue weighted by Gasteiger charge is -2.34. The van der Waals surface area contributed by atoms with Crippen LogP contribution in [0.3, 0.4) is 0 Å². The van der Waals surface area contributed by atoms with Gasteiger partial charge in [-0.25, -0.2) is 4.79 Å². The van der Waals surface area contributed by atoms with Gasteiger partial charge in [0.1, 0.15) is 5.75 Å². The maximum atomic E-state index is 12.8. The van der Waals surface area contributed by atoms with Gasteiger partial charge in [0, 0.05) is 18.6 Å². The Hall–Kier alpha value is -3.19. The zero-order valence-electron chi connectivity index (χ0n) is 17.5. The van der Waals surface area contributed by atoms with E-state index >= 15 is 0 Å². The number of nitrogens with zero attached hydrogens (tertiary/aromatic N) is 1. The van der Waals surface area contributed by atoms with Crippen molar-refractivity contribution >= 4 is 17.8 Å². The highest BCUT2D eigenvalue weighted by molar-refractivity contribution is 6.21. The van der Waals surface area contributed by atoms with E-state index in [1.807, 2.05) is 18.2 Å². The highest BCUT2D eigenvalue weighted by Crippen LogP contribution is 2.31. The van der Waals surface area contributed by atoms with Gasteiger partial charge in [-0.15, -0.1) is 0 Å². The lowest BCUT2D eigenvalue weighted by Crippen LogP contribution is -2.46. The molecule has 1 fully saturated rings. The zero-order valence-corrected chi connectivity index (χ0v) is 17.5. The summed E-state index contributed by atoms with van der Waals surface area (Å²) in [5, 5.41) is 3.55. The van der Waals surface area contributed by atoms with Crippen molar-refractivity contribution in [1.82, 2.24) is 10.2 Å². The summed E-state index contributed by atoms with van der Waals surface area (Å²) >= 11 is 0. The van der Waals surface area contributed by atoms with E-state index in [1.165, 1.54) is 12.0 Å². The SMILES string of the molecule is COC(=O)COc1cccc(CN[C@@H]2CCC[C@@H](N3C(=O)c4ccccc4C3=O)C2)c1. The molecule has 2 aromatic rings. The van der Waals surface area contributed by atoms with Crippen LogP contribution in [-0.4, -0.2) is 48.5 Å². The number of ether oxygens (including phenoxy) is 2. The standard InChI is InChI=1S/C24H26N2O5/c1-30-22(27)15-31-19-9-4-6-16(12-19)14-25-17-7-5-8-18(13-17)26-23(28)20-10-2-3-11-21(20)24(26)29/h2-4,6,9-12,17-18,25H,5,7-8,13-15H2,1H3/t17-,18-/m1/s1. The van der Waals surface area contributed by atoms with Gasteiger partial charge >= 0.3 is 5.97 Å². The van der Waals surface area contributed by atoms with E-state index in [-0.39, 0.29) is 30.5 Å². The Labute approximate surface area is 181 Å². The molecule has 1 aliphatic carbocycles. The summed E-state index contributed by atoms with van der Waals surface area (Å²) in [7, 11) is 1.32. The average molecular weight is 422 g/mol. The van der Waals surface area contributed by atoms with Crippen LogP contribution in [-0.2, 0) is 16.1 Å². The van der Waals surface area contributed by atoms with Crippen LogP contribution in [0.1, 0.15) is 52.0 Å². The first-order chi connectivity index (χ1) is 15.1. The number of rotatable bonds is 7. The fourth-order valence-electron chi connectivity index (χ4n) is 4.33. The minimum atomic E-state index is -0.426. The van der Waals surface area contributed by atoms with E-state index in [9.17, 15) is 14.4 Å². The molecule has 2 aromatic carbocycles. The van der Waals surface area contributed by atoms with E-state index in [4.69, 9.17) is 4.74 Å². The predicted octanol–water partition coefficient (Wildman–Crippen LogP) is 2.94. The summed E-state index contributed by atoms with van der Waals surface area (Å²) in [6.07, 6.45) is 3.53. The maximum Gasteiger partial charge on any atom is 0.343 e. The molecule has 0 aromatic heterocycles. The van der Waals surface area contributed by atoms with E-state index in [1.54, 1.807) is 30.3 Å². The van der Waals surface area contributed by atoms with Crippen molar-refractivity contribution in [1.29, 1.82) is 0 Å². The number of nitrogens with one attached hydrogen (secondary N) is 1. The summed E-state index contributed by atoms with van der Waals surface area (Å²) in [5.41, 5.74) is 2.04. The van der Waals surface area contributed by atoms with Gasteiger partial charge in [0.25, 0.3) is 11.8 Å². The molecule has 1 heterocycles. The zero-order chi connectivity index (χ0) is 21.8. The van der Waals surface area contributed by atoms with Crippen molar-refractivity contribution in [2.75, 3.05) is 13.7 Å². The van der Waals surface area contributed by atoms with Crippen molar-refractivity contribution in [3.05, 3.63) is 65.2 Å². The van der Waals surface area contributed by atoms with Crippen LogP contribution in [0.4, 0.5) is 0 Å². The number of hydrogen-bond acceptors (Lipinski definition) is 6. The van der Waals surface area contributed by atoms with Gasteiger partial charge < -0.3 is 14.8 Å². The third-order valence-corrected chi connectivity index (χ3v) is 5.91. The van der Waals surface area contributed by atoms with E-state index < -0.39 is 5.97 Å². The van der Waals surface area contributed by atoms with Crippen LogP contribution >= 0.6 is 0 Å². The van der Waals surface area contributed by atoms with Crippen LogP contribution in [0.25, 0.3) is 0 Å². The molecular weight excluding hydrogens is 396 g/mol. The van der Waals surface area contributed by atoms with Gasteiger partial charge in [0.2, 0.25) is 0 Å². The minimum Gasteiger partial charge on any atom is -0.482 e. The molecule has 0 bridgehead atoms. The molecule has 7 nitrogen and oxygen atoms in total. The molecule has 1 aliphatic heterocycles. The van der Waals surface area contributed by atoms with Crippen molar-refractivity contribution in [2.45, 2.75) is 44.3 Å². The van der Waals surface area contributed by atoms with Gasteiger partial charge in [0.15, 0.2) is 6.61 Å². The van der Waals surface area contributed by atoms with Crippen LogP contribution in [0.5, 0.6) is 5.75 Å². The molecule has 2 atom stereocenters. The van der Waals surface area contributed by atoms with Gasteiger partial charge in [-0.3, -0.25) is 14.5 Å². The Kier molecular flexibility index (Phi) is 6.32. The number of hydrogen-bond donors (Lipinski definition) is 1. The number of imide groups is 1. The summed E-state index contributed by atoms with van der Waals surface area (Å²) in [4.78, 5) is 38.3.